The van der Waals surface area contributed by atoms with Crippen molar-refractivity contribution in [2.24, 2.45) is 0 Å². The van der Waals surface area contributed by atoms with E-state index < -0.39 is 11.6 Å². The van der Waals surface area contributed by atoms with Crippen molar-refractivity contribution in [1.29, 1.82) is 0 Å². The molecule has 2 aromatic carbocycles. The summed E-state index contributed by atoms with van der Waals surface area (Å²) >= 11 is 0. The summed E-state index contributed by atoms with van der Waals surface area (Å²) < 4.78 is 30.2. The van der Waals surface area contributed by atoms with Crippen LogP contribution < -0.4 is 0 Å². The van der Waals surface area contributed by atoms with E-state index in [4.69, 9.17) is 0 Å². The van der Waals surface area contributed by atoms with Crippen LogP contribution in [0.4, 0.5) is 8.78 Å². The van der Waals surface area contributed by atoms with Gasteiger partial charge >= 0.3 is 0 Å². The molecule has 190 valence electrons. The van der Waals surface area contributed by atoms with Gasteiger partial charge < -0.3 is 4.98 Å². The van der Waals surface area contributed by atoms with E-state index in [2.05, 4.69) is 29.9 Å². The number of unbranched alkanes of at least 4 members (excludes halogenated alkanes) is 8. The Hall–Kier alpha value is -2.49. The molecule has 0 aliphatic rings. The first-order valence-electron chi connectivity index (χ1n) is 13.7. The Balaban J connectivity index is 1.56. The van der Waals surface area contributed by atoms with E-state index in [1.165, 1.54) is 32.1 Å². The maximum Gasteiger partial charge on any atom is 0.166 e. The van der Waals surface area contributed by atoms with Crippen LogP contribution in [0.25, 0.3) is 11.1 Å². The number of aryl methyl sites for hydroxylation is 2. The quantitative estimate of drug-likeness (QED) is 0.203. The molecule has 0 saturated carbocycles. The second-order valence-corrected chi connectivity index (χ2v) is 9.90. The van der Waals surface area contributed by atoms with Crippen molar-refractivity contribution >= 4 is 0 Å². The fraction of sp³-hybridized carbons (Fsp3) is 0.516. The van der Waals surface area contributed by atoms with Crippen molar-refractivity contribution in [2.45, 2.75) is 103 Å². The predicted molar refractivity (Wildman–Crippen MR) is 143 cm³/mol. The van der Waals surface area contributed by atoms with Crippen LogP contribution in [-0.2, 0) is 12.8 Å². The van der Waals surface area contributed by atoms with E-state index in [1.807, 2.05) is 24.4 Å². The Bertz CT molecular complexity index is 997. The van der Waals surface area contributed by atoms with Gasteiger partial charge in [-0.15, -0.1) is 0 Å². The highest BCUT2D eigenvalue weighted by molar-refractivity contribution is 5.69. The number of nitrogens with one attached hydrogen (secondary N) is 1. The van der Waals surface area contributed by atoms with Crippen LogP contribution in [0, 0.1) is 11.6 Å². The number of rotatable bonds is 16. The van der Waals surface area contributed by atoms with Crippen molar-refractivity contribution < 1.29 is 8.78 Å². The van der Waals surface area contributed by atoms with Crippen LogP contribution in [0.1, 0.15) is 107 Å². The average Bonchev–Trinajstić information content (AvgIpc) is 3.39. The first kappa shape index (κ1) is 27.1. The van der Waals surface area contributed by atoms with Gasteiger partial charge in [0, 0.05) is 24.4 Å². The Morgan fingerprint density at radius 2 is 1.49 bits per heavy atom. The standard InChI is InChI=1S/C31H42F2N2/c1-3-4-5-6-7-8-11-16-25-20-21-28(31(33)30(25)32)27-18-14-13-17-26(27)24(2)15-10-9-12-19-29-34-22-23-35-29/h13-14,17-18,20-24H,3-12,15-16,19H2,1-2H3,(H,34,35). The summed E-state index contributed by atoms with van der Waals surface area (Å²) in [6, 6.07) is 11.5. The second-order valence-electron chi connectivity index (χ2n) is 9.90. The van der Waals surface area contributed by atoms with Crippen LogP contribution in [0.5, 0.6) is 0 Å². The van der Waals surface area contributed by atoms with E-state index in [-0.39, 0.29) is 5.92 Å². The molecule has 0 amide bonds. The topological polar surface area (TPSA) is 28.7 Å². The Morgan fingerprint density at radius 1 is 0.771 bits per heavy atom. The number of benzene rings is 2. The Kier molecular flexibility index (Phi) is 11.5. The van der Waals surface area contributed by atoms with Gasteiger partial charge in [-0.3, -0.25) is 0 Å². The predicted octanol–water partition coefficient (Wildman–Crippen LogP) is 9.55. The summed E-state index contributed by atoms with van der Waals surface area (Å²) in [5, 5.41) is 0. The second kappa shape index (κ2) is 14.8. The van der Waals surface area contributed by atoms with E-state index in [1.54, 1.807) is 18.3 Å². The molecular weight excluding hydrogens is 438 g/mol. The van der Waals surface area contributed by atoms with Gasteiger partial charge in [0.1, 0.15) is 5.82 Å². The van der Waals surface area contributed by atoms with E-state index >= 15 is 4.39 Å². The highest BCUT2D eigenvalue weighted by Crippen LogP contribution is 2.35. The normalized spacial score (nSPS) is 12.2. The number of halogens is 2. The Morgan fingerprint density at radius 3 is 2.26 bits per heavy atom. The zero-order valence-corrected chi connectivity index (χ0v) is 21.6. The lowest BCUT2D eigenvalue weighted by atomic mass is 9.87. The molecule has 1 N–H and O–H groups in total. The summed E-state index contributed by atoms with van der Waals surface area (Å²) in [6.45, 7) is 4.40. The molecule has 3 aromatic rings. The van der Waals surface area contributed by atoms with Gasteiger partial charge in [-0.2, -0.15) is 0 Å². The van der Waals surface area contributed by atoms with Gasteiger partial charge in [-0.1, -0.05) is 102 Å². The highest BCUT2D eigenvalue weighted by Gasteiger charge is 2.18. The SMILES string of the molecule is CCCCCCCCCc1ccc(-c2ccccc2C(C)CCCCCc2ncc[nH]2)c(F)c1F. The van der Waals surface area contributed by atoms with Gasteiger partial charge in [0.15, 0.2) is 11.6 Å². The minimum absolute atomic E-state index is 0.282. The summed E-state index contributed by atoms with van der Waals surface area (Å²) in [7, 11) is 0. The molecule has 0 bridgehead atoms. The first-order valence-corrected chi connectivity index (χ1v) is 13.7. The maximum atomic E-state index is 15.2. The van der Waals surface area contributed by atoms with Crippen LogP contribution in [-0.4, -0.2) is 9.97 Å². The molecule has 3 rings (SSSR count). The van der Waals surface area contributed by atoms with Gasteiger partial charge in [0.05, 0.1) is 0 Å². The number of imidazole rings is 1. The van der Waals surface area contributed by atoms with Crippen molar-refractivity contribution in [3.63, 3.8) is 0 Å². The minimum Gasteiger partial charge on any atom is -0.349 e. The molecule has 35 heavy (non-hydrogen) atoms. The van der Waals surface area contributed by atoms with Gasteiger partial charge in [0.2, 0.25) is 0 Å². The molecular formula is C31H42F2N2. The lowest BCUT2D eigenvalue weighted by Gasteiger charge is -2.18. The van der Waals surface area contributed by atoms with Crippen LogP contribution in [0.15, 0.2) is 48.8 Å². The number of hydrogen-bond donors (Lipinski definition) is 1. The van der Waals surface area contributed by atoms with Gasteiger partial charge in [-0.25, -0.2) is 13.8 Å². The number of hydrogen-bond acceptors (Lipinski definition) is 1. The van der Waals surface area contributed by atoms with Gasteiger partial charge in [0.25, 0.3) is 0 Å². The van der Waals surface area contributed by atoms with Crippen molar-refractivity contribution in [3.05, 3.63) is 77.4 Å². The summed E-state index contributed by atoms with van der Waals surface area (Å²) in [4.78, 5) is 7.42. The molecule has 1 unspecified atom stereocenters. The molecule has 2 nitrogen and oxygen atoms in total. The summed E-state index contributed by atoms with van der Waals surface area (Å²) in [5.74, 6) is -0.0571. The average molecular weight is 481 g/mol. The van der Waals surface area contributed by atoms with E-state index in [0.29, 0.717) is 17.5 Å². The minimum atomic E-state index is -0.705. The molecule has 1 atom stereocenters. The third kappa shape index (κ3) is 8.30. The zero-order valence-electron chi connectivity index (χ0n) is 21.6. The summed E-state index contributed by atoms with van der Waals surface area (Å²) in [6.07, 6.45) is 17.8. The van der Waals surface area contributed by atoms with Crippen LogP contribution in [0.2, 0.25) is 0 Å². The fourth-order valence-electron chi connectivity index (χ4n) is 4.95. The van der Waals surface area contributed by atoms with E-state index in [0.717, 1.165) is 61.9 Å². The highest BCUT2D eigenvalue weighted by atomic mass is 19.2. The Labute approximate surface area is 210 Å². The van der Waals surface area contributed by atoms with Crippen molar-refractivity contribution in [1.82, 2.24) is 9.97 Å². The van der Waals surface area contributed by atoms with Crippen LogP contribution >= 0.6 is 0 Å². The third-order valence-electron chi connectivity index (χ3n) is 7.10. The number of aromatic nitrogens is 2. The van der Waals surface area contributed by atoms with Crippen LogP contribution in [0.3, 0.4) is 0 Å². The maximum absolute atomic E-state index is 15.2. The molecule has 0 spiro atoms. The zero-order chi connectivity index (χ0) is 24.9. The fourth-order valence-corrected chi connectivity index (χ4v) is 4.95. The molecule has 0 aliphatic heterocycles. The van der Waals surface area contributed by atoms with Gasteiger partial charge in [-0.05, 0) is 48.3 Å². The first-order chi connectivity index (χ1) is 17.1. The molecule has 1 heterocycles. The monoisotopic (exact) mass is 480 g/mol. The smallest absolute Gasteiger partial charge is 0.166 e. The van der Waals surface area contributed by atoms with Crippen molar-refractivity contribution in [2.75, 3.05) is 0 Å². The molecule has 0 radical (unpaired) electrons. The largest absolute Gasteiger partial charge is 0.349 e. The molecule has 0 saturated heterocycles. The lowest BCUT2D eigenvalue weighted by molar-refractivity contribution is 0.496. The number of aromatic amines is 1. The number of nitrogens with zero attached hydrogens (tertiary/aromatic N) is 1. The molecule has 0 fully saturated rings. The molecule has 0 aliphatic carbocycles. The summed E-state index contributed by atoms with van der Waals surface area (Å²) in [5.41, 5.74) is 2.79. The van der Waals surface area contributed by atoms with Crippen molar-refractivity contribution in [3.8, 4) is 11.1 Å². The third-order valence-corrected chi connectivity index (χ3v) is 7.10. The lowest BCUT2D eigenvalue weighted by Crippen LogP contribution is -2.02. The molecule has 1 aromatic heterocycles. The van der Waals surface area contributed by atoms with E-state index in [9.17, 15) is 4.39 Å². The number of H-pyrrole nitrogens is 1. The molecule has 4 heteroatoms.